The van der Waals surface area contributed by atoms with Gasteiger partial charge < -0.3 is 0 Å². The molecule has 0 saturated heterocycles. The smallest absolute Gasteiger partial charge is 0.00139 e. The summed E-state index contributed by atoms with van der Waals surface area (Å²) in [7, 11) is 0. The van der Waals surface area contributed by atoms with E-state index < -0.39 is 0 Å². The van der Waals surface area contributed by atoms with Crippen LogP contribution >= 0.6 is 0 Å². The molecule has 0 atom stereocenters. The molecule has 0 bridgehead atoms. The van der Waals surface area contributed by atoms with E-state index in [1.165, 1.54) is 76.1 Å². The maximum absolute atomic E-state index is 2.39. The monoisotopic (exact) mass is 480 g/mol. The Morgan fingerprint density at radius 2 is 0.605 bits per heavy atom. The predicted molar refractivity (Wildman–Crippen MR) is 165 cm³/mol. The summed E-state index contributed by atoms with van der Waals surface area (Å²) in [6.07, 6.45) is 0. The zero-order valence-corrected chi connectivity index (χ0v) is 20.9. The summed E-state index contributed by atoms with van der Waals surface area (Å²) in [6.45, 7) is 0. The molecule has 0 aliphatic carbocycles. The van der Waals surface area contributed by atoms with Crippen molar-refractivity contribution in [2.24, 2.45) is 0 Å². The standard InChI is InChI=1S/C38H24/c1-2-11-25(12-3-1)26-13-10-14-27(23-26)28-21-22-35-36(24-28)31-17-6-9-20-34(31)37-32-18-7-4-15-29(32)30-16-5-8-19-33(30)38(35)37/h1-24H. The van der Waals surface area contributed by atoms with Gasteiger partial charge >= 0.3 is 0 Å². The van der Waals surface area contributed by atoms with Crippen molar-refractivity contribution < 1.29 is 0 Å². The second kappa shape index (κ2) is 8.30. The summed E-state index contributed by atoms with van der Waals surface area (Å²) in [4.78, 5) is 0. The molecule has 0 nitrogen and oxygen atoms in total. The largest absolute Gasteiger partial charge is 0.0622 e. The highest BCUT2D eigenvalue weighted by molar-refractivity contribution is 6.39. The lowest BCUT2D eigenvalue weighted by Gasteiger charge is -2.17. The molecule has 38 heavy (non-hydrogen) atoms. The van der Waals surface area contributed by atoms with Gasteiger partial charge in [-0.05, 0) is 88.2 Å². The van der Waals surface area contributed by atoms with E-state index in [1.54, 1.807) is 0 Å². The lowest BCUT2D eigenvalue weighted by atomic mass is 9.86. The first kappa shape index (κ1) is 21.2. The highest BCUT2D eigenvalue weighted by Crippen LogP contribution is 2.44. The van der Waals surface area contributed by atoms with Crippen molar-refractivity contribution in [1.29, 1.82) is 0 Å². The molecule has 0 unspecified atom stereocenters. The second-order valence-electron chi connectivity index (χ2n) is 10.1. The molecule has 8 aromatic rings. The molecular formula is C38H24. The van der Waals surface area contributed by atoms with Gasteiger partial charge in [-0.15, -0.1) is 0 Å². The third-order valence-corrected chi connectivity index (χ3v) is 8.01. The Bertz CT molecular complexity index is 2170. The van der Waals surface area contributed by atoms with Crippen LogP contribution in [0.3, 0.4) is 0 Å². The van der Waals surface area contributed by atoms with E-state index in [1.807, 2.05) is 0 Å². The highest BCUT2D eigenvalue weighted by Gasteiger charge is 2.16. The van der Waals surface area contributed by atoms with Gasteiger partial charge in [-0.3, -0.25) is 0 Å². The van der Waals surface area contributed by atoms with Crippen LogP contribution in [-0.4, -0.2) is 0 Å². The molecule has 0 saturated carbocycles. The summed E-state index contributed by atoms with van der Waals surface area (Å²) in [5.41, 5.74) is 4.96. The molecule has 0 aliphatic rings. The maximum atomic E-state index is 2.39. The lowest BCUT2D eigenvalue weighted by Crippen LogP contribution is -1.89. The molecule has 176 valence electrons. The molecule has 0 heterocycles. The average molecular weight is 481 g/mol. The van der Waals surface area contributed by atoms with E-state index in [2.05, 4.69) is 146 Å². The number of fused-ring (bicyclic) bond motifs is 11. The molecule has 0 amide bonds. The summed E-state index contributed by atoms with van der Waals surface area (Å²) in [6, 6.07) is 53.2. The Balaban J connectivity index is 1.50. The molecule has 0 radical (unpaired) electrons. The number of rotatable bonds is 2. The number of hydrogen-bond acceptors (Lipinski definition) is 0. The van der Waals surface area contributed by atoms with E-state index in [9.17, 15) is 0 Å². The van der Waals surface area contributed by atoms with Crippen LogP contribution in [0.4, 0.5) is 0 Å². The van der Waals surface area contributed by atoms with Crippen molar-refractivity contribution in [3.63, 3.8) is 0 Å². The fourth-order valence-corrected chi connectivity index (χ4v) is 6.31. The first-order valence-electron chi connectivity index (χ1n) is 13.2. The van der Waals surface area contributed by atoms with Crippen LogP contribution in [0.2, 0.25) is 0 Å². The van der Waals surface area contributed by atoms with Gasteiger partial charge in [-0.2, -0.15) is 0 Å². The van der Waals surface area contributed by atoms with Crippen LogP contribution < -0.4 is 0 Å². The first-order valence-corrected chi connectivity index (χ1v) is 13.2. The quantitative estimate of drug-likeness (QED) is 0.216. The van der Waals surface area contributed by atoms with Crippen LogP contribution in [0.5, 0.6) is 0 Å². The number of benzene rings is 8. The van der Waals surface area contributed by atoms with Gasteiger partial charge in [0.2, 0.25) is 0 Å². The summed E-state index contributed by atoms with van der Waals surface area (Å²) in [5, 5.41) is 13.2. The first-order chi connectivity index (χ1) is 18.9. The molecule has 8 aromatic carbocycles. The van der Waals surface area contributed by atoms with Crippen LogP contribution in [0.15, 0.2) is 146 Å². The van der Waals surface area contributed by atoms with Crippen LogP contribution in [0.25, 0.3) is 76.1 Å². The van der Waals surface area contributed by atoms with E-state index in [0.29, 0.717) is 0 Å². The van der Waals surface area contributed by atoms with Crippen molar-refractivity contribution in [3.8, 4) is 22.3 Å². The van der Waals surface area contributed by atoms with Gasteiger partial charge in [0.05, 0.1) is 0 Å². The zero-order chi connectivity index (χ0) is 25.1. The minimum Gasteiger partial charge on any atom is -0.0622 e. The van der Waals surface area contributed by atoms with Gasteiger partial charge in [0, 0.05) is 0 Å². The summed E-state index contributed by atoms with van der Waals surface area (Å²) >= 11 is 0. The maximum Gasteiger partial charge on any atom is -0.00139 e. The molecule has 0 spiro atoms. The van der Waals surface area contributed by atoms with Crippen molar-refractivity contribution in [2.45, 2.75) is 0 Å². The fourth-order valence-electron chi connectivity index (χ4n) is 6.31. The van der Waals surface area contributed by atoms with E-state index in [-0.39, 0.29) is 0 Å². The van der Waals surface area contributed by atoms with Crippen molar-refractivity contribution in [2.75, 3.05) is 0 Å². The summed E-state index contributed by atoms with van der Waals surface area (Å²) < 4.78 is 0. The fraction of sp³-hybridized carbons (Fsp3) is 0. The minimum atomic E-state index is 1.24. The Hall–Kier alpha value is -4.94. The third-order valence-electron chi connectivity index (χ3n) is 8.01. The molecule has 8 rings (SSSR count). The molecule has 0 aliphatic heterocycles. The zero-order valence-electron chi connectivity index (χ0n) is 20.9. The van der Waals surface area contributed by atoms with Gasteiger partial charge in [-0.25, -0.2) is 0 Å². The lowest BCUT2D eigenvalue weighted by molar-refractivity contribution is 1.60. The highest BCUT2D eigenvalue weighted by atomic mass is 14.2. The van der Waals surface area contributed by atoms with Crippen molar-refractivity contribution >= 4 is 53.9 Å². The second-order valence-corrected chi connectivity index (χ2v) is 10.1. The summed E-state index contributed by atoms with van der Waals surface area (Å²) in [5.74, 6) is 0. The SMILES string of the molecule is c1ccc(-c2cccc(-c3ccc4c(c3)c3ccccc3c3c5ccccc5c5ccccc5c43)c2)cc1. The predicted octanol–water partition coefficient (Wildman–Crippen LogP) is 10.8. The van der Waals surface area contributed by atoms with Gasteiger partial charge in [0.1, 0.15) is 0 Å². The Labute approximate surface area is 221 Å². The van der Waals surface area contributed by atoms with Gasteiger partial charge in [0.25, 0.3) is 0 Å². The molecule has 0 N–H and O–H groups in total. The third kappa shape index (κ3) is 3.11. The average Bonchev–Trinajstić information content (AvgIpc) is 3.01. The Morgan fingerprint density at radius 3 is 1.18 bits per heavy atom. The normalized spacial score (nSPS) is 11.7. The van der Waals surface area contributed by atoms with Gasteiger partial charge in [0.15, 0.2) is 0 Å². The van der Waals surface area contributed by atoms with Crippen LogP contribution in [0, 0.1) is 0 Å². The minimum absolute atomic E-state index is 1.24. The van der Waals surface area contributed by atoms with Crippen molar-refractivity contribution in [1.82, 2.24) is 0 Å². The Morgan fingerprint density at radius 1 is 0.211 bits per heavy atom. The topological polar surface area (TPSA) is 0 Å². The molecule has 0 heteroatoms. The van der Waals surface area contributed by atoms with Crippen LogP contribution in [0.1, 0.15) is 0 Å². The molecule has 0 fully saturated rings. The Kier molecular flexibility index (Phi) is 4.62. The molecular weight excluding hydrogens is 456 g/mol. The van der Waals surface area contributed by atoms with E-state index in [0.717, 1.165) is 0 Å². The van der Waals surface area contributed by atoms with Gasteiger partial charge in [-0.1, -0.05) is 133 Å². The number of hydrogen-bond donors (Lipinski definition) is 0. The van der Waals surface area contributed by atoms with E-state index in [4.69, 9.17) is 0 Å². The van der Waals surface area contributed by atoms with Crippen molar-refractivity contribution in [3.05, 3.63) is 146 Å². The van der Waals surface area contributed by atoms with Crippen LogP contribution in [-0.2, 0) is 0 Å². The molecule has 0 aromatic heterocycles. The van der Waals surface area contributed by atoms with E-state index >= 15 is 0 Å².